The van der Waals surface area contributed by atoms with Crippen molar-refractivity contribution in [1.29, 1.82) is 0 Å². The molecule has 110 valence electrons. The highest BCUT2D eigenvalue weighted by molar-refractivity contribution is 6.31. The molecule has 2 aromatic carbocycles. The number of anilines is 2. The van der Waals surface area contributed by atoms with Crippen LogP contribution >= 0.6 is 11.6 Å². The highest BCUT2D eigenvalue weighted by Gasteiger charge is 2.19. The topological polar surface area (TPSA) is 66.6 Å². The molecule has 3 N–H and O–H groups in total. The summed E-state index contributed by atoms with van der Waals surface area (Å²) >= 11 is 6.01. The van der Waals surface area contributed by atoms with Crippen LogP contribution in [0.25, 0.3) is 0 Å². The molecule has 0 unspecified atom stereocenters. The Hall–Kier alpha value is -2.04. The first-order valence-corrected chi connectivity index (χ1v) is 6.95. The van der Waals surface area contributed by atoms with Crippen molar-refractivity contribution in [1.82, 2.24) is 0 Å². The Balaban J connectivity index is 2.42. The average molecular weight is 305 g/mol. The zero-order valence-electron chi connectivity index (χ0n) is 11.7. The molecular weight excluding hydrogens is 288 g/mol. The fourth-order valence-corrected chi connectivity index (χ4v) is 2.47. The van der Waals surface area contributed by atoms with Crippen molar-refractivity contribution in [3.8, 4) is 0 Å². The van der Waals surface area contributed by atoms with Crippen molar-refractivity contribution in [3.63, 3.8) is 0 Å². The van der Waals surface area contributed by atoms with E-state index in [1.165, 1.54) is 4.90 Å². The molecule has 0 bridgehead atoms. The SMILES string of the molecule is Cc1cc(Cl)cc(C(=O)N(CCO)c2ccccc2N)c1. The molecule has 0 aliphatic carbocycles. The highest BCUT2D eigenvalue weighted by Crippen LogP contribution is 2.25. The minimum absolute atomic E-state index is 0.153. The number of aryl methyl sites for hydroxylation is 1. The third kappa shape index (κ3) is 3.54. The van der Waals surface area contributed by atoms with Crippen LogP contribution in [0.1, 0.15) is 15.9 Å². The van der Waals surface area contributed by atoms with Gasteiger partial charge in [-0.2, -0.15) is 0 Å². The molecule has 0 aliphatic heterocycles. The molecule has 1 amide bonds. The summed E-state index contributed by atoms with van der Waals surface area (Å²) in [7, 11) is 0. The smallest absolute Gasteiger partial charge is 0.258 e. The maximum atomic E-state index is 12.7. The number of rotatable bonds is 4. The monoisotopic (exact) mass is 304 g/mol. The van der Waals surface area contributed by atoms with Crippen molar-refractivity contribution < 1.29 is 9.90 Å². The van der Waals surface area contributed by atoms with Gasteiger partial charge >= 0.3 is 0 Å². The predicted molar refractivity (Wildman–Crippen MR) is 85.8 cm³/mol. The number of halogens is 1. The number of aliphatic hydroxyl groups is 1. The second kappa shape index (κ2) is 6.61. The molecule has 5 heteroatoms. The summed E-state index contributed by atoms with van der Waals surface area (Å²) in [4.78, 5) is 14.2. The van der Waals surface area contributed by atoms with Crippen LogP contribution in [0.3, 0.4) is 0 Å². The zero-order chi connectivity index (χ0) is 15.4. The van der Waals surface area contributed by atoms with E-state index in [0.717, 1.165) is 5.56 Å². The van der Waals surface area contributed by atoms with Crippen molar-refractivity contribution in [2.45, 2.75) is 6.92 Å². The van der Waals surface area contributed by atoms with E-state index >= 15 is 0 Å². The summed E-state index contributed by atoms with van der Waals surface area (Å²) in [5.41, 5.74) is 8.36. The van der Waals surface area contributed by atoms with Gasteiger partial charge in [0.1, 0.15) is 0 Å². The number of aliphatic hydroxyl groups excluding tert-OH is 1. The first-order chi connectivity index (χ1) is 10.0. The normalized spacial score (nSPS) is 10.4. The van der Waals surface area contributed by atoms with E-state index in [4.69, 9.17) is 17.3 Å². The summed E-state index contributed by atoms with van der Waals surface area (Å²) < 4.78 is 0. The number of nitrogens with zero attached hydrogens (tertiary/aromatic N) is 1. The first-order valence-electron chi connectivity index (χ1n) is 6.57. The van der Waals surface area contributed by atoms with Crippen molar-refractivity contribution in [2.75, 3.05) is 23.8 Å². The summed E-state index contributed by atoms with van der Waals surface area (Å²) in [6, 6.07) is 12.2. The summed E-state index contributed by atoms with van der Waals surface area (Å²) in [6.45, 7) is 1.88. The molecule has 0 fully saturated rings. The van der Waals surface area contributed by atoms with E-state index in [1.807, 2.05) is 6.92 Å². The Labute approximate surface area is 128 Å². The highest BCUT2D eigenvalue weighted by atomic mass is 35.5. The van der Waals surface area contributed by atoms with Crippen LogP contribution in [0.15, 0.2) is 42.5 Å². The number of hydrogen-bond acceptors (Lipinski definition) is 3. The van der Waals surface area contributed by atoms with E-state index in [-0.39, 0.29) is 19.1 Å². The van der Waals surface area contributed by atoms with Gasteiger partial charge in [-0.3, -0.25) is 4.79 Å². The lowest BCUT2D eigenvalue weighted by Crippen LogP contribution is -2.34. The van der Waals surface area contributed by atoms with Gasteiger partial charge in [0.2, 0.25) is 0 Å². The third-order valence-corrected chi connectivity index (χ3v) is 3.30. The molecule has 21 heavy (non-hydrogen) atoms. The molecule has 0 atom stereocenters. The Morgan fingerprint density at radius 1 is 1.29 bits per heavy atom. The largest absolute Gasteiger partial charge is 0.397 e. The molecule has 2 rings (SSSR count). The Morgan fingerprint density at radius 3 is 2.62 bits per heavy atom. The van der Waals surface area contributed by atoms with Crippen LogP contribution in [0.5, 0.6) is 0 Å². The number of benzene rings is 2. The van der Waals surface area contributed by atoms with Gasteiger partial charge in [0, 0.05) is 17.1 Å². The number of hydrogen-bond donors (Lipinski definition) is 2. The van der Waals surface area contributed by atoms with Crippen LogP contribution in [0.2, 0.25) is 5.02 Å². The van der Waals surface area contributed by atoms with E-state index < -0.39 is 0 Å². The van der Waals surface area contributed by atoms with Crippen LogP contribution in [-0.4, -0.2) is 24.2 Å². The maximum Gasteiger partial charge on any atom is 0.258 e. The molecule has 0 saturated heterocycles. The number of amides is 1. The van der Waals surface area contributed by atoms with Gasteiger partial charge in [-0.1, -0.05) is 23.7 Å². The van der Waals surface area contributed by atoms with Crippen LogP contribution in [0.4, 0.5) is 11.4 Å². The lowest BCUT2D eigenvalue weighted by Gasteiger charge is -2.23. The molecule has 0 aliphatic rings. The van der Waals surface area contributed by atoms with Crippen LogP contribution in [0, 0.1) is 6.92 Å². The Morgan fingerprint density at radius 2 is 2.00 bits per heavy atom. The molecular formula is C16H17ClN2O2. The maximum absolute atomic E-state index is 12.7. The molecule has 0 saturated carbocycles. The minimum atomic E-state index is -0.243. The molecule has 0 heterocycles. The van der Waals surface area contributed by atoms with E-state index in [2.05, 4.69) is 0 Å². The first kappa shape index (κ1) is 15.4. The second-order valence-electron chi connectivity index (χ2n) is 4.76. The fraction of sp³-hybridized carbons (Fsp3) is 0.188. The van der Waals surface area contributed by atoms with E-state index in [9.17, 15) is 9.90 Å². The van der Waals surface area contributed by atoms with Gasteiger partial charge in [0.05, 0.1) is 18.0 Å². The Kier molecular flexibility index (Phi) is 4.83. The molecule has 0 spiro atoms. The average Bonchev–Trinajstić information content (AvgIpc) is 2.44. The number of carbonyl (C=O) groups excluding carboxylic acids is 1. The van der Waals surface area contributed by atoms with Crippen molar-refractivity contribution in [3.05, 3.63) is 58.6 Å². The summed E-state index contributed by atoms with van der Waals surface area (Å²) in [5, 5.41) is 9.74. The van der Waals surface area contributed by atoms with E-state index in [0.29, 0.717) is 22.0 Å². The van der Waals surface area contributed by atoms with Gasteiger partial charge in [0.25, 0.3) is 5.91 Å². The van der Waals surface area contributed by atoms with E-state index in [1.54, 1.807) is 42.5 Å². The Bertz CT molecular complexity index is 638. The lowest BCUT2D eigenvalue weighted by atomic mass is 10.1. The number of nitrogens with two attached hydrogens (primary N) is 1. The quantitative estimate of drug-likeness (QED) is 0.854. The standard InChI is InChI=1S/C16H17ClN2O2/c1-11-8-12(10-13(17)9-11)16(21)19(6-7-20)15-5-3-2-4-14(15)18/h2-5,8-10,20H,6-7,18H2,1H3. The summed E-state index contributed by atoms with van der Waals surface area (Å²) in [5.74, 6) is -0.243. The third-order valence-electron chi connectivity index (χ3n) is 3.09. The lowest BCUT2D eigenvalue weighted by molar-refractivity contribution is 0.0981. The zero-order valence-corrected chi connectivity index (χ0v) is 12.5. The summed E-state index contributed by atoms with van der Waals surface area (Å²) in [6.07, 6.45) is 0. The number of carbonyl (C=O) groups is 1. The van der Waals surface area contributed by atoms with Gasteiger partial charge in [-0.05, 0) is 42.8 Å². The fourth-order valence-electron chi connectivity index (χ4n) is 2.18. The van der Waals surface area contributed by atoms with Crippen molar-refractivity contribution >= 4 is 28.9 Å². The second-order valence-corrected chi connectivity index (χ2v) is 5.19. The van der Waals surface area contributed by atoms with Gasteiger partial charge in [-0.25, -0.2) is 0 Å². The molecule has 2 aromatic rings. The van der Waals surface area contributed by atoms with Gasteiger partial charge in [-0.15, -0.1) is 0 Å². The molecule has 4 nitrogen and oxygen atoms in total. The number of nitrogen functional groups attached to an aromatic ring is 1. The molecule has 0 aromatic heterocycles. The number of para-hydroxylation sites is 2. The molecule has 0 radical (unpaired) electrons. The van der Waals surface area contributed by atoms with Crippen molar-refractivity contribution in [2.24, 2.45) is 0 Å². The van der Waals surface area contributed by atoms with Gasteiger partial charge in [0.15, 0.2) is 0 Å². The van der Waals surface area contributed by atoms with Crippen LogP contribution < -0.4 is 10.6 Å². The van der Waals surface area contributed by atoms with Gasteiger partial charge < -0.3 is 15.7 Å². The minimum Gasteiger partial charge on any atom is -0.397 e. The van der Waals surface area contributed by atoms with Crippen LogP contribution in [-0.2, 0) is 0 Å². The predicted octanol–water partition coefficient (Wildman–Crippen LogP) is 2.87.